The maximum atomic E-state index is 13.2. The fourth-order valence-corrected chi connectivity index (χ4v) is 1.72. The van der Waals surface area contributed by atoms with Crippen LogP contribution in [0.5, 0.6) is 0 Å². The van der Waals surface area contributed by atoms with Gasteiger partial charge in [-0.15, -0.1) is 0 Å². The predicted molar refractivity (Wildman–Crippen MR) is 54.5 cm³/mol. The second-order valence-electron chi connectivity index (χ2n) is 3.66. The molecule has 2 N–H and O–H groups in total. The van der Waals surface area contributed by atoms with Crippen LogP contribution >= 0.6 is 0 Å². The summed E-state index contributed by atoms with van der Waals surface area (Å²) in [6.45, 7) is 2.68. The van der Waals surface area contributed by atoms with Gasteiger partial charge in [-0.2, -0.15) is 0 Å². The van der Waals surface area contributed by atoms with Crippen LogP contribution in [0, 0.1) is 5.82 Å². The lowest BCUT2D eigenvalue weighted by molar-refractivity contribution is 0.527. The molecule has 0 aliphatic carbocycles. The lowest BCUT2D eigenvalue weighted by Gasteiger charge is -2.11. The van der Waals surface area contributed by atoms with Crippen LogP contribution in [0.1, 0.15) is 12.0 Å². The molecule has 0 amide bonds. The Morgan fingerprint density at radius 3 is 3.00 bits per heavy atom. The van der Waals surface area contributed by atoms with E-state index < -0.39 is 0 Å². The molecular formula is C11H15FN2. The predicted octanol–water partition coefficient (Wildman–Crippen LogP) is 1.28. The molecule has 0 saturated carbocycles. The molecule has 0 bridgehead atoms. The highest BCUT2D eigenvalue weighted by atomic mass is 19.1. The van der Waals surface area contributed by atoms with Crippen molar-refractivity contribution >= 4 is 0 Å². The van der Waals surface area contributed by atoms with Gasteiger partial charge in [-0.3, -0.25) is 0 Å². The van der Waals surface area contributed by atoms with E-state index in [2.05, 4.69) is 10.6 Å². The maximum Gasteiger partial charge on any atom is 0.127 e. The van der Waals surface area contributed by atoms with Gasteiger partial charge in [-0.25, -0.2) is 4.39 Å². The standard InChI is InChI=1S/C11H15FN2/c12-11-4-2-1-3-9(11)7-14-10-5-6-13-8-10/h1-4,10,13-14H,5-8H2/t10-/m1/s1. The van der Waals surface area contributed by atoms with Gasteiger partial charge in [0.25, 0.3) is 0 Å². The molecule has 76 valence electrons. The number of rotatable bonds is 3. The molecule has 3 heteroatoms. The number of nitrogens with one attached hydrogen (secondary N) is 2. The molecule has 1 aliphatic rings. The highest BCUT2D eigenvalue weighted by Gasteiger charge is 2.13. The highest BCUT2D eigenvalue weighted by molar-refractivity contribution is 5.17. The van der Waals surface area contributed by atoms with Crippen molar-refractivity contribution in [2.75, 3.05) is 13.1 Å². The van der Waals surface area contributed by atoms with Crippen molar-refractivity contribution in [3.05, 3.63) is 35.6 Å². The largest absolute Gasteiger partial charge is 0.315 e. The fourth-order valence-electron chi connectivity index (χ4n) is 1.72. The lowest BCUT2D eigenvalue weighted by Crippen LogP contribution is -2.30. The molecular weight excluding hydrogens is 179 g/mol. The third-order valence-electron chi connectivity index (χ3n) is 2.60. The smallest absolute Gasteiger partial charge is 0.127 e. The quantitative estimate of drug-likeness (QED) is 0.757. The summed E-state index contributed by atoms with van der Waals surface area (Å²) in [6.07, 6.45) is 1.13. The van der Waals surface area contributed by atoms with E-state index in [4.69, 9.17) is 0 Å². The fraction of sp³-hybridized carbons (Fsp3) is 0.455. The Balaban J connectivity index is 1.88. The number of halogens is 1. The monoisotopic (exact) mass is 194 g/mol. The summed E-state index contributed by atoms with van der Waals surface area (Å²) < 4.78 is 13.2. The summed E-state index contributed by atoms with van der Waals surface area (Å²) in [6, 6.07) is 7.41. The summed E-state index contributed by atoms with van der Waals surface area (Å²) >= 11 is 0. The van der Waals surface area contributed by atoms with Gasteiger partial charge < -0.3 is 10.6 Å². The van der Waals surface area contributed by atoms with E-state index in [0.717, 1.165) is 25.1 Å². The first-order valence-electron chi connectivity index (χ1n) is 5.04. The minimum atomic E-state index is -0.119. The summed E-state index contributed by atoms with van der Waals surface area (Å²) in [5, 5.41) is 6.60. The molecule has 14 heavy (non-hydrogen) atoms. The van der Waals surface area contributed by atoms with E-state index in [1.165, 1.54) is 6.07 Å². The Morgan fingerprint density at radius 1 is 1.43 bits per heavy atom. The average molecular weight is 194 g/mol. The molecule has 2 rings (SSSR count). The molecule has 0 unspecified atom stereocenters. The SMILES string of the molecule is Fc1ccccc1CN[C@@H]1CCNC1. The van der Waals surface area contributed by atoms with Crippen LogP contribution in [0.3, 0.4) is 0 Å². The van der Waals surface area contributed by atoms with Crippen LogP contribution in [0.4, 0.5) is 4.39 Å². The van der Waals surface area contributed by atoms with E-state index in [-0.39, 0.29) is 5.82 Å². The molecule has 1 heterocycles. The molecule has 1 fully saturated rings. The van der Waals surface area contributed by atoms with E-state index in [1.54, 1.807) is 6.07 Å². The summed E-state index contributed by atoms with van der Waals surface area (Å²) in [7, 11) is 0. The zero-order valence-electron chi connectivity index (χ0n) is 8.09. The van der Waals surface area contributed by atoms with Crippen molar-refractivity contribution in [1.82, 2.24) is 10.6 Å². The van der Waals surface area contributed by atoms with Crippen molar-refractivity contribution in [1.29, 1.82) is 0 Å². The molecule has 1 aromatic rings. The van der Waals surface area contributed by atoms with Gasteiger partial charge in [-0.05, 0) is 19.0 Å². The van der Waals surface area contributed by atoms with Gasteiger partial charge in [0, 0.05) is 24.7 Å². The Hall–Kier alpha value is -0.930. The number of benzene rings is 1. The number of hydrogen-bond acceptors (Lipinski definition) is 2. The van der Waals surface area contributed by atoms with Crippen LogP contribution in [-0.4, -0.2) is 19.1 Å². The summed E-state index contributed by atoms with van der Waals surface area (Å²) in [5.74, 6) is -0.119. The van der Waals surface area contributed by atoms with Crippen LogP contribution in [0.25, 0.3) is 0 Å². The van der Waals surface area contributed by atoms with Gasteiger partial charge in [-0.1, -0.05) is 18.2 Å². The Bertz CT molecular complexity index is 295. The van der Waals surface area contributed by atoms with Gasteiger partial charge >= 0.3 is 0 Å². The average Bonchev–Trinajstić information content (AvgIpc) is 2.69. The second-order valence-corrected chi connectivity index (χ2v) is 3.66. The first kappa shape index (κ1) is 9.62. The molecule has 2 nitrogen and oxygen atoms in total. The van der Waals surface area contributed by atoms with E-state index in [9.17, 15) is 4.39 Å². The van der Waals surface area contributed by atoms with Gasteiger partial charge in [0.2, 0.25) is 0 Å². The first-order valence-corrected chi connectivity index (χ1v) is 5.04. The Kier molecular flexibility index (Phi) is 3.11. The highest BCUT2D eigenvalue weighted by Crippen LogP contribution is 2.07. The van der Waals surface area contributed by atoms with Crippen molar-refractivity contribution in [2.24, 2.45) is 0 Å². The van der Waals surface area contributed by atoms with Crippen molar-refractivity contribution in [3.63, 3.8) is 0 Å². The van der Waals surface area contributed by atoms with Gasteiger partial charge in [0.05, 0.1) is 0 Å². The van der Waals surface area contributed by atoms with Gasteiger partial charge in [0.15, 0.2) is 0 Å². The molecule has 1 atom stereocenters. The third kappa shape index (κ3) is 2.30. The zero-order chi connectivity index (χ0) is 9.80. The van der Waals surface area contributed by atoms with Crippen molar-refractivity contribution in [3.8, 4) is 0 Å². The molecule has 0 radical (unpaired) electrons. The van der Waals surface area contributed by atoms with E-state index >= 15 is 0 Å². The van der Waals surface area contributed by atoms with Crippen molar-refractivity contribution in [2.45, 2.75) is 19.0 Å². The molecule has 0 aromatic heterocycles. The summed E-state index contributed by atoms with van der Waals surface area (Å²) in [4.78, 5) is 0. The molecule has 1 saturated heterocycles. The maximum absolute atomic E-state index is 13.2. The van der Waals surface area contributed by atoms with Gasteiger partial charge in [0.1, 0.15) is 5.82 Å². The summed E-state index contributed by atoms with van der Waals surface area (Å²) in [5.41, 5.74) is 0.749. The minimum absolute atomic E-state index is 0.119. The lowest BCUT2D eigenvalue weighted by atomic mass is 10.2. The Labute approximate surface area is 83.5 Å². The normalized spacial score (nSPS) is 21.4. The second kappa shape index (κ2) is 4.53. The van der Waals surface area contributed by atoms with Crippen LogP contribution in [-0.2, 0) is 6.54 Å². The Morgan fingerprint density at radius 2 is 2.29 bits per heavy atom. The molecule has 0 spiro atoms. The van der Waals surface area contributed by atoms with E-state index in [0.29, 0.717) is 12.6 Å². The first-order chi connectivity index (χ1) is 6.86. The topological polar surface area (TPSA) is 24.1 Å². The van der Waals surface area contributed by atoms with Crippen LogP contribution in [0.2, 0.25) is 0 Å². The van der Waals surface area contributed by atoms with E-state index in [1.807, 2.05) is 12.1 Å². The van der Waals surface area contributed by atoms with Crippen LogP contribution < -0.4 is 10.6 Å². The molecule has 1 aliphatic heterocycles. The number of hydrogen-bond donors (Lipinski definition) is 2. The zero-order valence-corrected chi connectivity index (χ0v) is 8.09. The molecule has 1 aromatic carbocycles. The van der Waals surface area contributed by atoms with Crippen molar-refractivity contribution < 1.29 is 4.39 Å². The van der Waals surface area contributed by atoms with Crippen LogP contribution in [0.15, 0.2) is 24.3 Å². The third-order valence-corrected chi connectivity index (χ3v) is 2.60. The minimum Gasteiger partial charge on any atom is -0.315 e.